The average molecular weight is 370 g/mol. The minimum Gasteiger partial charge on any atom is -0.355 e. The van der Waals surface area contributed by atoms with Gasteiger partial charge >= 0.3 is 0 Å². The van der Waals surface area contributed by atoms with Crippen LogP contribution in [0.4, 0.5) is 20.2 Å². The Morgan fingerprint density at radius 2 is 1.25 bits per heavy atom. The molecule has 136 valence electrons. The highest BCUT2D eigenvalue weighted by Gasteiger charge is 2.15. The molecule has 0 atom stereocenters. The van der Waals surface area contributed by atoms with E-state index in [0.717, 1.165) is 38.9 Å². The summed E-state index contributed by atoms with van der Waals surface area (Å²) < 4.78 is 28.8. The number of benzene rings is 4. The quantitative estimate of drug-likeness (QED) is 0.369. The summed E-state index contributed by atoms with van der Waals surface area (Å²) in [5, 5.41) is 5.55. The Hall–Kier alpha value is -3.66. The van der Waals surface area contributed by atoms with E-state index in [-0.39, 0.29) is 11.6 Å². The number of hydrogen-bond acceptors (Lipinski definition) is 1. The molecule has 0 saturated heterocycles. The molecule has 1 N–H and O–H groups in total. The van der Waals surface area contributed by atoms with Crippen molar-refractivity contribution in [3.63, 3.8) is 0 Å². The summed E-state index contributed by atoms with van der Waals surface area (Å²) in [6.07, 6.45) is 0. The summed E-state index contributed by atoms with van der Waals surface area (Å²) in [5.74, 6) is -0.528. The lowest BCUT2D eigenvalue weighted by Crippen LogP contribution is -1.94. The van der Waals surface area contributed by atoms with Gasteiger partial charge in [-0.1, -0.05) is 24.3 Å². The molecular weight excluding hydrogens is 354 g/mol. The number of para-hydroxylation sites is 1. The SMILES string of the molecule is Fc1ccc(Nc2cccc3c2c2ccccc2n3-c2ccc(F)cc2)cc1. The Bertz CT molecular complexity index is 1290. The maximum absolute atomic E-state index is 13.4. The highest BCUT2D eigenvalue weighted by Crippen LogP contribution is 2.37. The van der Waals surface area contributed by atoms with Crippen LogP contribution in [0.3, 0.4) is 0 Å². The molecule has 0 unspecified atom stereocenters. The van der Waals surface area contributed by atoms with Gasteiger partial charge in [0.15, 0.2) is 0 Å². The van der Waals surface area contributed by atoms with Crippen LogP contribution >= 0.6 is 0 Å². The molecular formula is C24H16F2N2. The fourth-order valence-electron chi connectivity index (χ4n) is 3.68. The molecule has 1 aromatic heterocycles. The summed E-state index contributed by atoms with van der Waals surface area (Å²) in [5.41, 5.74) is 4.69. The van der Waals surface area contributed by atoms with Gasteiger partial charge in [-0.25, -0.2) is 8.78 Å². The first kappa shape index (κ1) is 16.5. The molecule has 28 heavy (non-hydrogen) atoms. The van der Waals surface area contributed by atoms with Crippen molar-refractivity contribution in [3.05, 3.63) is 103 Å². The first-order valence-corrected chi connectivity index (χ1v) is 9.01. The molecule has 0 aliphatic carbocycles. The minimum atomic E-state index is -0.267. The topological polar surface area (TPSA) is 17.0 Å². The van der Waals surface area contributed by atoms with E-state index in [0.29, 0.717) is 0 Å². The van der Waals surface area contributed by atoms with Gasteiger partial charge in [-0.3, -0.25) is 0 Å². The van der Waals surface area contributed by atoms with Crippen LogP contribution < -0.4 is 5.32 Å². The number of hydrogen-bond donors (Lipinski definition) is 1. The summed E-state index contributed by atoms with van der Waals surface area (Å²) in [4.78, 5) is 0. The molecule has 0 aliphatic heterocycles. The summed E-state index contributed by atoms with van der Waals surface area (Å²) in [6.45, 7) is 0. The van der Waals surface area contributed by atoms with Gasteiger partial charge in [-0.15, -0.1) is 0 Å². The monoisotopic (exact) mass is 370 g/mol. The Balaban J connectivity index is 1.77. The van der Waals surface area contributed by atoms with Gasteiger partial charge in [0, 0.05) is 27.8 Å². The van der Waals surface area contributed by atoms with Crippen LogP contribution in [-0.4, -0.2) is 4.57 Å². The highest BCUT2D eigenvalue weighted by molar-refractivity contribution is 6.15. The normalized spacial score (nSPS) is 11.2. The van der Waals surface area contributed by atoms with Gasteiger partial charge in [0.05, 0.1) is 11.0 Å². The molecule has 0 fully saturated rings. The summed E-state index contributed by atoms with van der Waals surface area (Å²) in [7, 11) is 0. The highest BCUT2D eigenvalue weighted by atomic mass is 19.1. The van der Waals surface area contributed by atoms with E-state index in [1.165, 1.54) is 24.3 Å². The zero-order valence-electron chi connectivity index (χ0n) is 14.9. The fourth-order valence-corrected chi connectivity index (χ4v) is 3.68. The number of aromatic nitrogens is 1. The van der Waals surface area contributed by atoms with Crippen LogP contribution in [0.1, 0.15) is 0 Å². The van der Waals surface area contributed by atoms with Crippen molar-refractivity contribution in [1.29, 1.82) is 0 Å². The number of anilines is 2. The molecule has 1 heterocycles. The van der Waals surface area contributed by atoms with E-state index in [1.54, 1.807) is 24.3 Å². The van der Waals surface area contributed by atoms with Crippen molar-refractivity contribution in [3.8, 4) is 5.69 Å². The van der Waals surface area contributed by atoms with Gasteiger partial charge in [0.2, 0.25) is 0 Å². The molecule has 4 heteroatoms. The molecule has 0 amide bonds. The molecule has 0 aliphatic rings. The van der Waals surface area contributed by atoms with Crippen molar-refractivity contribution in [2.24, 2.45) is 0 Å². The maximum Gasteiger partial charge on any atom is 0.123 e. The lowest BCUT2D eigenvalue weighted by molar-refractivity contribution is 0.627. The number of rotatable bonds is 3. The van der Waals surface area contributed by atoms with Gasteiger partial charge in [0.1, 0.15) is 11.6 Å². The van der Waals surface area contributed by atoms with E-state index in [4.69, 9.17) is 0 Å². The van der Waals surface area contributed by atoms with Crippen LogP contribution in [0.2, 0.25) is 0 Å². The van der Waals surface area contributed by atoms with E-state index < -0.39 is 0 Å². The third-order valence-corrected chi connectivity index (χ3v) is 4.91. The molecule has 4 aromatic carbocycles. The first-order valence-electron chi connectivity index (χ1n) is 9.01. The molecule has 5 aromatic rings. The van der Waals surface area contributed by atoms with Crippen LogP contribution in [-0.2, 0) is 0 Å². The van der Waals surface area contributed by atoms with Crippen LogP contribution in [0.15, 0.2) is 91.0 Å². The van der Waals surface area contributed by atoms with E-state index in [9.17, 15) is 8.78 Å². The zero-order valence-corrected chi connectivity index (χ0v) is 14.9. The predicted molar refractivity (Wildman–Crippen MR) is 110 cm³/mol. The van der Waals surface area contributed by atoms with Crippen molar-refractivity contribution in [2.75, 3.05) is 5.32 Å². The smallest absolute Gasteiger partial charge is 0.123 e. The number of nitrogens with zero attached hydrogens (tertiary/aromatic N) is 1. The van der Waals surface area contributed by atoms with E-state index in [2.05, 4.69) is 28.1 Å². The summed E-state index contributed by atoms with van der Waals surface area (Å²) >= 11 is 0. The predicted octanol–water partition coefficient (Wildman–Crippen LogP) is 6.81. The largest absolute Gasteiger partial charge is 0.355 e. The second-order valence-corrected chi connectivity index (χ2v) is 6.66. The van der Waals surface area contributed by atoms with Crippen molar-refractivity contribution < 1.29 is 8.78 Å². The third kappa shape index (κ3) is 2.70. The zero-order chi connectivity index (χ0) is 19.1. The Kier molecular flexibility index (Phi) is 3.83. The summed E-state index contributed by atoms with van der Waals surface area (Å²) in [6, 6.07) is 27.0. The first-order chi connectivity index (χ1) is 13.7. The van der Waals surface area contributed by atoms with Crippen molar-refractivity contribution in [2.45, 2.75) is 0 Å². The van der Waals surface area contributed by atoms with Crippen LogP contribution in [0.5, 0.6) is 0 Å². The second-order valence-electron chi connectivity index (χ2n) is 6.66. The third-order valence-electron chi connectivity index (χ3n) is 4.91. The van der Waals surface area contributed by atoms with Gasteiger partial charge < -0.3 is 9.88 Å². The second kappa shape index (κ2) is 6.50. The van der Waals surface area contributed by atoms with Gasteiger partial charge in [0.25, 0.3) is 0 Å². The fraction of sp³-hybridized carbons (Fsp3) is 0. The number of fused-ring (bicyclic) bond motifs is 3. The Morgan fingerprint density at radius 1 is 0.607 bits per heavy atom. The van der Waals surface area contributed by atoms with Crippen LogP contribution in [0.25, 0.3) is 27.5 Å². The molecule has 0 saturated carbocycles. The molecule has 5 rings (SSSR count). The standard InChI is InChI=1S/C24H16F2N2/c25-16-8-12-18(13-9-16)27-21-5-3-7-23-24(21)20-4-1-2-6-22(20)28(23)19-14-10-17(26)11-15-19/h1-15,27H. The molecule has 0 spiro atoms. The van der Waals surface area contributed by atoms with Crippen molar-refractivity contribution in [1.82, 2.24) is 4.57 Å². The lowest BCUT2D eigenvalue weighted by atomic mass is 10.1. The van der Waals surface area contributed by atoms with E-state index in [1.807, 2.05) is 24.3 Å². The number of halogens is 2. The molecule has 2 nitrogen and oxygen atoms in total. The van der Waals surface area contributed by atoms with Crippen molar-refractivity contribution >= 4 is 33.2 Å². The maximum atomic E-state index is 13.4. The van der Waals surface area contributed by atoms with Gasteiger partial charge in [-0.05, 0) is 66.7 Å². The Labute approximate surface area is 160 Å². The van der Waals surface area contributed by atoms with E-state index >= 15 is 0 Å². The Morgan fingerprint density at radius 3 is 2.00 bits per heavy atom. The average Bonchev–Trinajstić information content (AvgIpc) is 3.06. The molecule has 0 bridgehead atoms. The minimum absolute atomic E-state index is 0.261. The molecule has 0 radical (unpaired) electrons. The lowest BCUT2D eigenvalue weighted by Gasteiger charge is -2.10. The van der Waals surface area contributed by atoms with Gasteiger partial charge in [-0.2, -0.15) is 0 Å². The van der Waals surface area contributed by atoms with Crippen LogP contribution in [0, 0.1) is 11.6 Å². The number of nitrogens with one attached hydrogen (secondary N) is 1.